The molecule has 1 N–H and O–H groups in total. The molecule has 1 atom stereocenters. The van der Waals surface area contributed by atoms with Crippen molar-refractivity contribution in [3.8, 4) is 0 Å². The summed E-state index contributed by atoms with van der Waals surface area (Å²) < 4.78 is 0.823. The van der Waals surface area contributed by atoms with Crippen molar-refractivity contribution >= 4 is 44.8 Å². The molecule has 0 radical (unpaired) electrons. The first-order chi connectivity index (χ1) is 15.3. The van der Waals surface area contributed by atoms with Gasteiger partial charge in [-0.3, -0.25) is 24.6 Å². The van der Waals surface area contributed by atoms with Crippen LogP contribution in [0, 0.1) is 17.0 Å². The molecule has 3 aromatic rings. The van der Waals surface area contributed by atoms with Crippen LogP contribution in [0.4, 0.5) is 11.4 Å². The van der Waals surface area contributed by atoms with Gasteiger partial charge < -0.3 is 5.11 Å². The van der Waals surface area contributed by atoms with Crippen LogP contribution in [0.15, 0.2) is 82.8 Å². The molecule has 0 spiro atoms. The molecular weight excluding hydrogens is 476 g/mol. The first-order valence-electron chi connectivity index (χ1n) is 9.66. The molecule has 1 aliphatic rings. The van der Waals surface area contributed by atoms with Gasteiger partial charge in [0.15, 0.2) is 0 Å². The number of aryl methyl sites for hydroxylation is 1. The second-order valence-electron chi connectivity index (χ2n) is 7.36. The molecule has 0 bridgehead atoms. The molecule has 32 heavy (non-hydrogen) atoms. The number of anilines is 1. The molecule has 1 amide bonds. The average molecular weight is 493 g/mol. The first kappa shape index (κ1) is 21.5. The van der Waals surface area contributed by atoms with E-state index < -0.39 is 22.7 Å². The van der Waals surface area contributed by atoms with Gasteiger partial charge in [-0.25, -0.2) is 0 Å². The number of nitro benzene ring substituents is 1. The number of carbonyl (C=O) groups excluding carboxylic acids is 2. The van der Waals surface area contributed by atoms with Gasteiger partial charge in [-0.15, -0.1) is 0 Å². The van der Waals surface area contributed by atoms with E-state index in [4.69, 9.17) is 0 Å². The van der Waals surface area contributed by atoms with Crippen LogP contribution in [0.5, 0.6) is 0 Å². The standard InChI is InChI=1S/C24H17BrN2O5/c1-14-3-2-4-19(13-14)26-21(15-5-9-17(25)10-6-15)20(23(29)24(26)30)22(28)16-7-11-18(12-8-16)27(31)32/h2-13,21,28H,1H3/b22-20+. The molecule has 0 saturated carbocycles. The van der Waals surface area contributed by atoms with Crippen molar-refractivity contribution in [2.45, 2.75) is 13.0 Å². The molecular formula is C24H17BrN2O5. The van der Waals surface area contributed by atoms with E-state index in [1.165, 1.54) is 29.2 Å². The Labute approximate surface area is 191 Å². The van der Waals surface area contributed by atoms with Crippen LogP contribution in [-0.4, -0.2) is 21.7 Å². The Balaban J connectivity index is 1.92. The number of aliphatic hydroxyl groups excluding tert-OH is 1. The van der Waals surface area contributed by atoms with Crippen LogP contribution in [-0.2, 0) is 9.59 Å². The lowest BCUT2D eigenvalue weighted by atomic mass is 9.95. The van der Waals surface area contributed by atoms with Gasteiger partial charge >= 0.3 is 0 Å². The molecule has 1 unspecified atom stereocenters. The van der Waals surface area contributed by atoms with Crippen LogP contribution >= 0.6 is 15.9 Å². The highest BCUT2D eigenvalue weighted by Crippen LogP contribution is 2.42. The molecule has 4 rings (SSSR count). The third-order valence-corrected chi connectivity index (χ3v) is 5.79. The monoisotopic (exact) mass is 492 g/mol. The van der Waals surface area contributed by atoms with Gasteiger partial charge in [0.25, 0.3) is 17.4 Å². The Morgan fingerprint density at radius 1 is 1.03 bits per heavy atom. The Morgan fingerprint density at radius 2 is 1.69 bits per heavy atom. The van der Waals surface area contributed by atoms with Crippen molar-refractivity contribution in [1.29, 1.82) is 0 Å². The number of Topliss-reactive ketones (excluding diaryl/α,β-unsaturated/α-hetero) is 1. The molecule has 3 aromatic carbocycles. The summed E-state index contributed by atoms with van der Waals surface area (Å²) >= 11 is 3.38. The van der Waals surface area contributed by atoms with Crippen molar-refractivity contribution in [2.75, 3.05) is 4.90 Å². The van der Waals surface area contributed by atoms with E-state index in [1.807, 2.05) is 13.0 Å². The van der Waals surface area contributed by atoms with Crippen molar-refractivity contribution < 1.29 is 19.6 Å². The SMILES string of the molecule is Cc1cccc(N2C(=O)C(=O)/C(=C(/O)c3ccc([N+](=O)[O-])cc3)C2c2ccc(Br)cc2)c1. The van der Waals surface area contributed by atoms with E-state index in [-0.39, 0.29) is 22.6 Å². The lowest BCUT2D eigenvalue weighted by molar-refractivity contribution is -0.384. The van der Waals surface area contributed by atoms with Gasteiger partial charge in [-0.1, -0.05) is 40.2 Å². The highest BCUT2D eigenvalue weighted by Gasteiger charge is 2.47. The van der Waals surface area contributed by atoms with E-state index in [1.54, 1.807) is 42.5 Å². The molecule has 0 aromatic heterocycles. The number of nitro groups is 1. The first-order valence-corrected chi connectivity index (χ1v) is 10.4. The zero-order valence-electron chi connectivity index (χ0n) is 16.9. The number of aliphatic hydroxyl groups is 1. The fourth-order valence-electron chi connectivity index (χ4n) is 3.73. The van der Waals surface area contributed by atoms with Crippen LogP contribution in [0.25, 0.3) is 5.76 Å². The molecule has 1 heterocycles. The number of ketones is 1. The van der Waals surface area contributed by atoms with E-state index in [9.17, 15) is 24.8 Å². The summed E-state index contributed by atoms with van der Waals surface area (Å²) in [6, 6.07) is 18.6. The van der Waals surface area contributed by atoms with Gasteiger partial charge in [-0.2, -0.15) is 0 Å². The Bertz CT molecular complexity index is 1270. The number of halogens is 1. The highest BCUT2D eigenvalue weighted by atomic mass is 79.9. The summed E-state index contributed by atoms with van der Waals surface area (Å²) in [6.07, 6.45) is 0. The van der Waals surface area contributed by atoms with Crippen LogP contribution in [0.1, 0.15) is 22.7 Å². The minimum absolute atomic E-state index is 0.0762. The minimum Gasteiger partial charge on any atom is -0.507 e. The van der Waals surface area contributed by atoms with E-state index in [2.05, 4.69) is 15.9 Å². The third-order valence-electron chi connectivity index (χ3n) is 5.26. The summed E-state index contributed by atoms with van der Waals surface area (Å²) in [7, 11) is 0. The van der Waals surface area contributed by atoms with Gasteiger partial charge in [0.2, 0.25) is 0 Å². The molecule has 160 valence electrons. The number of nitrogens with zero attached hydrogens (tertiary/aromatic N) is 2. The zero-order valence-corrected chi connectivity index (χ0v) is 18.4. The largest absolute Gasteiger partial charge is 0.507 e. The summed E-state index contributed by atoms with van der Waals surface area (Å²) in [4.78, 5) is 37.9. The molecule has 1 saturated heterocycles. The number of amides is 1. The number of hydrogen-bond donors (Lipinski definition) is 1. The summed E-state index contributed by atoms with van der Waals surface area (Å²) in [6.45, 7) is 1.88. The minimum atomic E-state index is -0.861. The van der Waals surface area contributed by atoms with Crippen molar-refractivity contribution in [3.63, 3.8) is 0 Å². The Kier molecular flexibility index (Phi) is 5.63. The normalized spacial score (nSPS) is 17.6. The van der Waals surface area contributed by atoms with E-state index in [0.717, 1.165) is 10.0 Å². The fourth-order valence-corrected chi connectivity index (χ4v) is 4.00. The quantitative estimate of drug-likeness (QED) is 0.175. The van der Waals surface area contributed by atoms with Gasteiger partial charge in [0.05, 0.1) is 16.5 Å². The second kappa shape index (κ2) is 8.39. The number of carbonyl (C=O) groups is 2. The maximum atomic E-state index is 13.1. The molecule has 1 fully saturated rings. The van der Waals surface area contributed by atoms with Crippen LogP contribution < -0.4 is 4.90 Å². The molecule has 0 aliphatic carbocycles. The smallest absolute Gasteiger partial charge is 0.300 e. The predicted octanol–water partition coefficient (Wildman–Crippen LogP) is 5.29. The highest BCUT2D eigenvalue weighted by molar-refractivity contribution is 9.10. The predicted molar refractivity (Wildman–Crippen MR) is 123 cm³/mol. The Morgan fingerprint density at radius 3 is 2.28 bits per heavy atom. The van der Waals surface area contributed by atoms with Crippen molar-refractivity contribution in [2.24, 2.45) is 0 Å². The Hall–Kier alpha value is -3.78. The summed E-state index contributed by atoms with van der Waals surface area (Å²) in [5.41, 5.74) is 2.06. The van der Waals surface area contributed by atoms with Gasteiger partial charge in [0.1, 0.15) is 5.76 Å². The summed E-state index contributed by atoms with van der Waals surface area (Å²) in [5, 5.41) is 22.0. The number of rotatable bonds is 4. The number of non-ortho nitro benzene ring substituents is 1. The van der Waals surface area contributed by atoms with Crippen molar-refractivity contribution in [1.82, 2.24) is 0 Å². The van der Waals surface area contributed by atoms with Gasteiger partial charge in [0, 0.05) is 27.9 Å². The lowest BCUT2D eigenvalue weighted by Crippen LogP contribution is -2.29. The number of hydrogen-bond acceptors (Lipinski definition) is 5. The van der Waals surface area contributed by atoms with Crippen LogP contribution in [0.3, 0.4) is 0 Å². The third kappa shape index (κ3) is 3.80. The van der Waals surface area contributed by atoms with Crippen LogP contribution in [0.2, 0.25) is 0 Å². The van der Waals surface area contributed by atoms with E-state index in [0.29, 0.717) is 11.3 Å². The van der Waals surface area contributed by atoms with Crippen molar-refractivity contribution in [3.05, 3.63) is 110 Å². The molecule has 7 nitrogen and oxygen atoms in total. The zero-order chi connectivity index (χ0) is 23.0. The topological polar surface area (TPSA) is 101 Å². The maximum Gasteiger partial charge on any atom is 0.300 e. The fraction of sp³-hybridized carbons (Fsp3) is 0.0833. The average Bonchev–Trinajstić information content (AvgIpc) is 3.04. The molecule has 1 aliphatic heterocycles. The second-order valence-corrected chi connectivity index (χ2v) is 8.28. The molecule has 8 heteroatoms. The van der Waals surface area contributed by atoms with Gasteiger partial charge in [-0.05, 0) is 54.4 Å². The van der Waals surface area contributed by atoms with E-state index >= 15 is 0 Å². The summed E-state index contributed by atoms with van der Waals surface area (Å²) in [5.74, 6) is -1.97. The lowest BCUT2D eigenvalue weighted by Gasteiger charge is -2.25. The maximum absolute atomic E-state index is 13.1. The number of benzene rings is 3.